The zero-order valence-corrected chi connectivity index (χ0v) is 19.0. The van der Waals surface area contributed by atoms with Crippen LogP contribution in [0, 0.1) is 6.92 Å². The summed E-state index contributed by atoms with van der Waals surface area (Å²) in [4.78, 5) is 42.5. The Kier molecular flexibility index (Phi) is 6.81. The van der Waals surface area contributed by atoms with Crippen molar-refractivity contribution in [2.75, 3.05) is 32.8 Å². The zero-order chi connectivity index (χ0) is 22.7. The smallest absolute Gasteiger partial charge is 0.257 e. The fourth-order valence-electron chi connectivity index (χ4n) is 4.98. The third kappa shape index (κ3) is 4.38. The molecule has 3 aliphatic rings. The van der Waals surface area contributed by atoms with E-state index in [0.717, 1.165) is 25.0 Å². The van der Waals surface area contributed by atoms with Crippen LogP contribution in [0.3, 0.4) is 0 Å². The van der Waals surface area contributed by atoms with Crippen molar-refractivity contribution >= 4 is 17.7 Å². The second-order valence-electron chi connectivity index (χ2n) is 8.88. The van der Waals surface area contributed by atoms with Crippen molar-refractivity contribution in [1.82, 2.24) is 15.1 Å². The summed E-state index contributed by atoms with van der Waals surface area (Å²) in [5, 5.41) is 2.97. The highest BCUT2D eigenvalue weighted by Crippen LogP contribution is 2.39. The highest BCUT2D eigenvalue weighted by molar-refractivity contribution is 5.99. The summed E-state index contributed by atoms with van der Waals surface area (Å²) in [6.07, 6.45) is 3.39. The molecule has 3 aliphatic heterocycles. The highest BCUT2D eigenvalue weighted by atomic mass is 16.5. The molecule has 0 aliphatic carbocycles. The summed E-state index contributed by atoms with van der Waals surface area (Å²) in [5.74, 6) is -0.319. The molecule has 2 atom stereocenters. The summed E-state index contributed by atoms with van der Waals surface area (Å²) in [6, 6.07) is 6.70. The van der Waals surface area contributed by atoms with Gasteiger partial charge in [0, 0.05) is 51.1 Å². The molecule has 1 spiro atoms. The van der Waals surface area contributed by atoms with Gasteiger partial charge in [0.25, 0.3) is 5.91 Å². The SMILES string of the molecule is CCC(=O)N1CCC2(CC1)OCC(C(=O)NCC1CCCO1)N2C(=O)c1ccccc1C. The third-order valence-corrected chi connectivity index (χ3v) is 6.89. The van der Waals surface area contributed by atoms with Gasteiger partial charge in [-0.3, -0.25) is 19.3 Å². The number of ether oxygens (including phenoxy) is 2. The third-order valence-electron chi connectivity index (χ3n) is 6.89. The van der Waals surface area contributed by atoms with Gasteiger partial charge >= 0.3 is 0 Å². The van der Waals surface area contributed by atoms with Crippen molar-refractivity contribution in [2.45, 2.75) is 63.8 Å². The Bertz CT molecular complexity index is 859. The number of carbonyl (C=O) groups excluding carboxylic acids is 3. The van der Waals surface area contributed by atoms with E-state index in [0.29, 0.717) is 44.5 Å². The Hall–Kier alpha value is -2.45. The van der Waals surface area contributed by atoms with Gasteiger partial charge in [-0.15, -0.1) is 0 Å². The molecule has 0 bridgehead atoms. The summed E-state index contributed by atoms with van der Waals surface area (Å²) in [5.41, 5.74) is 0.550. The predicted molar refractivity (Wildman–Crippen MR) is 118 cm³/mol. The van der Waals surface area contributed by atoms with Crippen LogP contribution in [0.25, 0.3) is 0 Å². The molecule has 3 saturated heterocycles. The van der Waals surface area contributed by atoms with E-state index < -0.39 is 11.8 Å². The molecule has 4 rings (SSSR count). The Morgan fingerprint density at radius 2 is 1.94 bits per heavy atom. The predicted octanol–water partition coefficient (Wildman–Crippen LogP) is 1.86. The van der Waals surface area contributed by atoms with E-state index in [9.17, 15) is 14.4 Å². The quantitative estimate of drug-likeness (QED) is 0.751. The van der Waals surface area contributed by atoms with Gasteiger partial charge in [-0.2, -0.15) is 0 Å². The Balaban J connectivity index is 1.56. The Morgan fingerprint density at radius 3 is 2.59 bits per heavy atom. The van der Waals surface area contributed by atoms with Crippen molar-refractivity contribution in [2.24, 2.45) is 0 Å². The van der Waals surface area contributed by atoms with Gasteiger partial charge in [-0.1, -0.05) is 25.1 Å². The molecule has 3 fully saturated rings. The van der Waals surface area contributed by atoms with Gasteiger partial charge in [0.2, 0.25) is 11.8 Å². The maximum Gasteiger partial charge on any atom is 0.257 e. The molecule has 0 radical (unpaired) electrons. The van der Waals surface area contributed by atoms with Crippen LogP contribution in [-0.2, 0) is 19.1 Å². The molecule has 174 valence electrons. The molecule has 1 N–H and O–H groups in total. The lowest BCUT2D eigenvalue weighted by molar-refractivity contribution is -0.143. The number of amides is 3. The summed E-state index contributed by atoms with van der Waals surface area (Å²) < 4.78 is 11.8. The van der Waals surface area contributed by atoms with Crippen molar-refractivity contribution in [3.8, 4) is 0 Å². The second-order valence-corrected chi connectivity index (χ2v) is 8.88. The first-order chi connectivity index (χ1) is 15.4. The molecule has 2 unspecified atom stereocenters. The van der Waals surface area contributed by atoms with Gasteiger partial charge in [0.15, 0.2) is 0 Å². The number of aryl methyl sites for hydroxylation is 1. The largest absolute Gasteiger partial charge is 0.376 e. The summed E-state index contributed by atoms with van der Waals surface area (Å²) >= 11 is 0. The number of carbonyl (C=O) groups is 3. The lowest BCUT2D eigenvalue weighted by atomic mass is 9.95. The van der Waals surface area contributed by atoms with Crippen LogP contribution >= 0.6 is 0 Å². The minimum Gasteiger partial charge on any atom is -0.376 e. The molecule has 0 saturated carbocycles. The maximum atomic E-state index is 13.7. The van der Waals surface area contributed by atoms with E-state index in [4.69, 9.17) is 9.47 Å². The number of hydrogen-bond acceptors (Lipinski definition) is 5. The van der Waals surface area contributed by atoms with Crippen molar-refractivity contribution in [3.63, 3.8) is 0 Å². The lowest BCUT2D eigenvalue weighted by Crippen LogP contribution is -2.60. The van der Waals surface area contributed by atoms with Crippen LogP contribution in [-0.4, -0.2) is 78.2 Å². The van der Waals surface area contributed by atoms with E-state index in [2.05, 4.69) is 5.32 Å². The van der Waals surface area contributed by atoms with Crippen LogP contribution < -0.4 is 5.32 Å². The average molecular weight is 444 g/mol. The highest BCUT2D eigenvalue weighted by Gasteiger charge is 2.54. The molecular formula is C24H33N3O5. The molecule has 1 aromatic carbocycles. The van der Waals surface area contributed by atoms with E-state index in [1.165, 1.54) is 0 Å². The fourth-order valence-corrected chi connectivity index (χ4v) is 4.98. The zero-order valence-electron chi connectivity index (χ0n) is 19.0. The first-order valence-electron chi connectivity index (χ1n) is 11.7. The molecular weight excluding hydrogens is 410 g/mol. The number of hydrogen-bond donors (Lipinski definition) is 1. The Labute approximate surface area is 189 Å². The average Bonchev–Trinajstić information content (AvgIpc) is 3.46. The van der Waals surface area contributed by atoms with E-state index in [1.54, 1.807) is 11.0 Å². The van der Waals surface area contributed by atoms with E-state index in [-0.39, 0.29) is 30.4 Å². The topological polar surface area (TPSA) is 88.2 Å². The second kappa shape index (κ2) is 9.58. The number of nitrogens with zero attached hydrogens (tertiary/aromatic N) is 2. The van der Waals surface area contributed by atoms with Gasteiger partial charge in [0.05, 0.1) is 12.7 Å². The number of nitrogens with one attached hydrogen (secondary N) is 1. The number of benzene rings is 1. The molecule has 3 amide bonds. The van der Waals surface area contributed by atoms with Crippen LogP contribution in [0.5, 0.6) is 0 Å². The monoisotopic (exact) mass is 443 g/mol. The van der Waals surface area contributed by atoms with Crippen molar-refractivity contribution in [1.29, 1.82) is 0 Å². The van der Waals surface area contributed by atoms with Crippen molar-refractivity contribution < 1.29 is 23.9 Å². The first-order valence-corrected chi connectivity index (χ1v) is 11.7. The molecule has 8 nitrogen and oxygen atoms in total. The standard InChI is InChI=1S/C24H33N3O5/c1-3-21(28)26-12-10-24(11-13-26)27(23(30)19-9-5-4-7-17(19)2)20(16-32-24)22(29)25-15-18-8-6-14-31-18/h4-5,7,9,18,20H,3,6,8,10-16H2,1-2H3,(H,25,29). The van der Waals surface area contributed by atoms with Crippen LogP contribution in [0.2, 0.25) is 0 Å². The molecule has 3 heterocycles. The molecule has 8 heteroatoms. The van der Waals surface area contributed by atoms with Gasteiger partial charge in [-0.05, 0) is 31.4 Å². The van der Waals surface area contributed by atoms with Crippen LogP contribution in [0.1, 0.15) is 54.9 Å². The van der Waals surface area contributed by atoms with Gasteiger partial charge in [-0.25, -0.2) is 0 Å². The number of piperidine rings is 1. The molecule has 0 aromatic heterocycles. The number of likely N-dealkylation sites (tertiary alicyclic amines) is 1. The van der Waals surface area contributed by atoms with Gasteiger partial charge < -0.3 is 19.7 Å². The fraction of sp³-hybridized carbons (Fsp3) is 0.625. The Morgan fingerprint density at radius 1 is 1.19 bits per heavy atom. The van der Waals surface area contributed by atoms with Crippen LogP contribution in [0.4, 0.5) is 0 Å². The summed E-state index contributed by atoms with van der Waals surface area (Å²) in [6.45, 7) is 6.07. The normalized spacial score (nSPS) is 24.7. The lowest BCUT2D eigenvalue weighted by Gasteiger charge is -2.44. The minimum atomic E-state index is -0.879. The van der Waals surface area contributed by atoms with Crippen molar-refractivity contribution in [3.05, 3.63) is 35.4 Å². The first kappa shape index (κ1) is 22.7. The number of rotatable bonds is 5. The van der Waals surface area contributed by atoms with Gasteiger partial charge in [0.1, 0.15) is 11.8 Å². The minimum absolute atomic E-state index is 0.0269. The summed E-state index contributed by atoms with van der Waals surface area (Å²) in [7, 11) is 0. The van der Waals surface area contributed by atoms with E-state index in [1.807, 2.05) is 36.9 Å². The van der Waals surface area contributed by atoms with Crippen LogP contribution in [0.15, 0.2) is 24.3 Å². The molecule has 32 heavy (non-hydrogen) atoms. The van der Waals surface area contributed by atoms with E-state index >= 15 is 0 Å². The molecule has 1 aromatic rings. The maximum absolute atomic E-state index is 13.7.